The van der Waals surface area contributed by atoms with E-state index in [4.69, 9.17) is 0 Å². The van der Waals surface area contributed by atoms with E-state index in [1.807, 2.05) is 44.2 Å². The van der Waals surface area contributed by atoms with Crippen molar-refractivity contribution in [3.63, 3.8) is 0 Å². The van der Waals surface area contributed by atoms with Crippen molar-refractivity contribution in [2.45, 2.75) is 38.1 Å². The largest absolute Gasteiger partial charge is 0.352 e. The minimum atomic E-state index is -3.29. The Kier molecular flexibility index (Phi) is 5.74. The summed E-state index contributed by atoms with van der Waals surface area (Å²) in [7, 11) is -3.29. The van der Waals surface area contributed by atoms with E-state index in [2.05, 4.69) is 10.6 Å². The van der Waals surface area contributed by atoms with Gasteiger partial charge in [0.25, 0.3) is 0 Å². The average Bonchev–Trinajstić information content (AvgIpc) is 3.07. The fourth-order valence-corrected chi connectivity index (χ4v) is 6.07. The molecule has 0 bridgehead atoms. The van der Waals surface area contributed by atoms with E-state index in [1.54, 1.807) is 0 Å². The van der Waals surface area contributed by atoms with Crippen LogP contribution in [0.5, 0.6) is 0 Å². The third-order valence-electron chi connectivity index (χ3n) is 5.35. The number of nitrogens with zero attached hydrogens (tertiary/aromatic N) is 1. The monoisotopic (exact) mass is 393 g/mol. The fourth-order valence-electron chi connectivity index (χ4n) is 3.97. The van der Waals surface area contributed by atoms with Crippen molar-refractivity contribution in [1.29, 1.82) is 0 Å². The van der Waals surface area contributed by atoms with E-state index in [0.717, 1.165) is 5.56 Å². The number of hydrogen-bond acceptors (Lipinski definition) is 4. The second-order valence-corrected chi connectivity index (χ2v) is 10.0. The highest BCUT2D eigenvalue weighted by Gasteiger charge is 2.51. The van der Waals surface area contributed by atoms with Gasteiger partial charge in [-0.2, -0.15) is 0 Å². The van der Waals surface area contributed by atoms with Crippen LogP contribution in [0.1, 0.15) is 25.8 Å². The minimum absolute atomic E-state index is 0.00275. The number of rotatable bonds is 4. The first-order chi connectivity index (χ1) is 12.8. The lowest BCUT2D eigenvalue weighted by Crippen LogP contribution is -2.47. The number of amides is 3. The predicted octanol–water partition coefficient (Wildman–Crippen LogP) is 1.16. The summed E-state index contributed by atoms with van der Waals surface area (Å²) in [6.45, 7) is 4.59. The zero-order valence-corrected chi connectivity index (χ0v) is 16.5. The Morgan fingerprint density at radius 2 is 1.89 bits per heavy atom. The molecule has 0 radical (unpaired) electrons. The van der Waals surface area contributed by atoms with Gasteiger partial charge >= 0.3 is 6.03 Å². The van der Waals surface area contributed by atoms with Gasteiger partial charge < -0.3 is 15.5 Å². The number of benzene rings is 1. The maximum Gasteiger partial charge on any atom is 0.317 e. The second kappa shape index (κ2) is 7.88. The van der Waals surface area contributed by atoms with Gasteiger partial charge in [0.15, 0.2) is 9.84 Å². The molecule has 0 aliphatic carbocycles. The highest BCUT2D eigenvalue weighted by Crippen LogP contribution is 2.37. The fraction of sp³-hybridized carbons (Fsp3) is 0.579. The number of sulfone groups is 1. The van der Waals surface area contributed by atoms with Crippen LogP contribution in [0.3, 0.4) is 0 Å². The molecular weight excluding hydrogens is 366 g/mol. The van der Waals surface area contributed by atoms with E-state index in [1.165, 1.54) is 4.90 Å². The molecule has 148 valence electrons. The zero-order valence-electron chi connectivity index (χ0n) is 15.7. The summed E-state index contributed by atoms with van der Waals surface area (Å²) in [4.78, 5) is 26.6. The van der Waals surface area contributed by atoms with Crippen LogP contribution in [0.15, 0.2) is 30.3 Å². The molecular formula is C19H27N3O4S. The van der Waals surface area contributed by atoms with Gasteiger partial charge in [-0.05, 0) is 25.8 Å². The van der Waals surface area contributed by atoms with Gasteiger partial charge in [-0.15, -0.1) is 0 Å². The first-order valence-corrected chi connectivity index (χ1v) is 11.1. The van der Waals surface area contributed by atoms with Crippen molar-refractivity contribution in [1.82, 2.24) is 15.5 Å². The van der Waals surface area contributed by atoms with Gasteiger partial charge in [0.05, 0.1) is 11.0 Å². The minimum Gasteiger partial charge on any atom is -0.352 e. The highest BCUT2D eigenvalue weighted by atomic mass is 32.2. The first kappa shape index (κ1) is 19.7. The Labute approximate surface area is 160 Å². The van der Waals surface area contributed by atoms with E-state index in [9.17, 15) is 18.0 Å². The summed E-state index contributed by atoms with van der Waals surface area (Å²) in [6, 6.07) is 9.31. The Morgan fingerprint density at radius 1 is 1.19 bits per heavy atom. The molecule has 2 aliphatic rings. The Balaban J connectivity index is 1.69. The van der Waals surface area contributed by atoms with Crippen LogP contribution in [0.25, 0.3) is 0 Å². The maximum atomic E-state index is 12.8. The molecule has 8 heteroatoms. The van der Waals surface area contributed by atoms with Crippen LogP contribution in [0.4, 0.5) is 4.79 Å². The van der Waals surface area contributed by atoms with Crippen molar-refractivity contribution in [2.75, 3.05) is 18.8 Å². The summed E-state index contributed by atoms with van der Waals surface area (Å²) < 4.78 is 25.0. The lowest BCUT2D eigenvalue weighted by Gasteiger charge is -2.31. The summed E-state index contributed by atoms with van der Waals surface area (Å²) in [5, 5.41) is 5.08. The van der Waals surface area contributed by atoms with E-state index in [-0.39, 0.29) is 42.1 Å². The number of urea groups is 1. The number of hydrogen-bond donors (Lipinski definition) is 2. The summed E-state index contributed by atoms with van der Waals surface area (Å²) in [6.07, 6.45) is 0.309. The molecule has 27 heavy (non-hydrogen) atoms. The topological polar surface area (TPSA) is 95.6 Å². The molecule has 3 rings (SSSR count). The van der Waals surface area contributed by atoms with Crippen molar-refractivity contribution >= 4 is 21.8 Å². The smallest absolute Gasteiger partial charge is 0.317 e. The Bertz CT molecular complexity index is 794. The molecule has 1 aromatic rings. The molecule has 7 nitrogen and oxygen atoms in total. The lowest BCUT2D eigenvalue weighted by atomic mass is 9.87. The SMILES string of the molecule is CC(C)NC(=O)N1C[C@H]2[C@@H](C1)S(=O)(=O)CC[C@H]2C(=O)NCc1ccccc1. The third kappa shape index (κ3) is 4.43. The molecule has 2 aliphatic heterocycles. The van der Waals surface area contributed by atoms with Gasteiger partial charge in [0.2, 0.25) is 5.91 Å². The number of likely N-dealkylation sites (tertiary alicyclic amines) is 1. The molecule has 2 heterocycles. The Hall–Kier alpha value is -2.09. The van der Waals surface area contributed by atoms with Crippen LogP contribution >= 0.6 is 0 Å². The van der Waals surface area contributed by atoms with Crippen molar-refractivity contribution in [3.8, 4) is 0 Å². The number of carbonyl (C=O) groups excluding carboxylic acids is 2. The van der Waals surface area contributed by atoms with Crippen molar-refractivity contribution in [2.24, 2.45) is 11.8 Å². The standard InChI is InChI=1S/C19H27N3O4S/c1-13(2)21-19(24)22-11-16-15(8-9-27(25,26)17(16)12-22)18(23)20-10-14-6-4-3-5-7-14/h3-7,13,15-17H,8-12H2,1-2H3,(H,20,23)(H,21,24)/t15-,16-,17-/m1/s1. The highest BCUT2D eigenvalue weighted by molar-refractivity contribution is 7.92. The van der Waals surface area contributed by atoms with Gasteiger partial charge in [-0.3, -0.25) is 4.79 Å². The Morgan fingerprint density at radius 3 is 2.56 bits per heavy atom. The summed E-state index contributed by atoms with van der Waals surface area (Å²) in [5.41, 5.74) is 0.996. The van der Waals surface area contributed by atoms with Crippen LogP contribution in [0.2, 0.25) is 0 Å². The summed E-state index contributed by atoms with van der Waals surface area (Å²) in [5.74, 6) is -0.872. The number of carbonyl (C=O) groups is 2. The molecule has 2 saturated heterocycles. The van der Waals surface area contributed by atoms with Crippen molar-refractivity contribution in [3.05, 3.63) is 35.9 Å². The first-order valence-electron chi connectivity index (χ1n) is 9.36. The molecule has 2 fully saturated rings. The van der Waals surface area contributed by atoms with Gasteiger partial charge in [-0.1, -0.05) is 30.3 Å². The molecule has 3 atom stereocenters. The van der Waals surface area contributed by atoms with E-state index in [0.29, 0.717) is 19.5 Å². The van der Waals surface area contributed by atoms with Gasteiger partial charge in [0, 0.05) is 37.5 Å². The molecule has 2 N–H and O–H groups in total. The van der Waals surface area contributed by atoms with Crippen LogP contribution in [-0.2, 0) is 21.2 Å². The molecule has 0 aromatic heterocycles. The molecule has 1 aromatic carbocycles. The second-order valence-electron chi connectivity index (χ2n) is 7.68. The van der Waals surface area contributed by atoms with Crippen molar-refractivity contribution < 1.29 is 18.0 Å². The van der Waals surface area contributed by atoms with Crippen LogP contribution < -0.4 is 10.6 Å². The molecule has 0 saturated carbocycles. The average molecular weight is 394 g/mol. The number of fused-ring (bicyclic) bond motifs is 1. The zero-order chi connectivity index (χ0) is 19.6. The quantitative estimate of drug-likeness (QED) is 0.802. The predicted molar refractivity (Wildman–Crippen MR) is 103 cm³/mol. The number of nitrogens with one attached hydrogen (secondary N) is 2. The van der Waals surface area contributed by atoms with Crippen LogP contribution in [0, 0.1) is 11.8 Å². The molecule has 0 spiro atoms. The van der Waals surface area contributed by atoms with E-state index < -0.39 is 15.1 Å². The lowest BCUT2D eigenvalue weighted by molar-refractivity contribution is -0.126. The molecule has 0 unspecified atom stereocenters. The molecule has 3 amide bonds. The third-order valence-corrected chi connectivity index (χ3v) is 7.57. The maximum absolute atomic E-state index is 12.8. The van der Waals surface area contributed by atoms with Crippen LogP contribution in [-0.4, -0.2) is 55.4 Å². The van der Waals surface area contributed by atoms with Gasteiger partial charge in [0.1, 0.15) is 0 Å². The van der Waals surface area contributed by atoms with E-state index >= 15 is 0 Å². The van der Waals surface area contributed by atoms with Gasteiger partial charge in [-0.25, -0.2) is 13.2 Å². The normalized spacial score (nSPS) is 26.5. The summed E-state index contributed by atoms with van der Waals surface area (Å²) >= 11 is 0.